The molecule has 1 heterocycles. The van der Waals surface area contributed by atoms with E-state index in [9.17, 15) is 14.4 Å². The van der Waals surface area contributed by atoms with Crippen molar-refractivity contribution >= 4 is 17.6 Å². The second-order valence-electron chi connectivity index (χ2n) is 5.37. The van der Waals surface area contributed by atoms with Gasteiger partial charge in [0.25, 0.3) is 0 Å². The lowest BCUT2D eigenvalue weighted by Gasteiger charge is -2.27. The number of hydrogen-bond donors (Lipinski definition) is 2. The van der Waals surface area contributed by atoms with Crippen molar-refractivity contribution in [2.75, 3.05) is 0 Å². The molecule has 0 aliphatic carbocycles. The summed E-state index contributed by atoms with van der Waals surface area (Å²) in [4.78, 5) is 34.7. The Balaban J connectivity index is 2.90. The molecule has 1 fully saturated rings. The summed E-state index contributed by atoms with van der Waals surface area (Å²) in [5.74, 6) is -2.83. The standard InChI is InChI=1S/C11H18N2O3/c1-5-6(10(16)13-9(5)15)7(14)8(12)11(2,3)4/h5-6,8H,12H2,1-4H3,(H,13,15,16)/t5-,6+,8+/m0/s1. The third-order valence-electron chi connectivity index (χ3n) is 2.99. The fraction of sp³-hybridized carbons (Fsp3) is 0.727. The molecule has 3 atom stereocenters. The minimum Gasteiger partial charge on any atom is -0.321 e. The predicted molar refractivity (Wildman–Crippen MR) is 58.2 cm³/mol. The van der Waals surface area contributed by atoms with Gasteiger partial charge in [-0.05, 0) is 5.41 Å². The zero-order valence-electron chi connectivity index (χ0n) is 10.0. The van der Waals surface area contributed by atoms with Crippen LogP contribution in [0.1, 0.15) is 27.7 Å². The molecule has 5 heteroatoms. The van der Waals surface area contributed by atoms with Crippen molar-refractivity contribution in [3.8, 4) is 0 Å². The molecule has 90 valence electrons. The van der Waals surface area contributed by atoms with Crippen LogP contribution >= 0.6 is 0 Å². The quantitative estimate of drug-likeness (QED) is 0.505. The number of carbonyl (C=O) groups excluding carboxylic acids is 3. The Bertz CT molecular complexity index is 344. The molecule has 1 saturated heterocycles. The van der Waals surface area contributed by atoms with Crippen molar-refractivity contribution in [3.63, 3.8) is 0 Å². The van der Waals surface area contributed by atoms with E-state index in [0.29, 0.717) is 0 Å². The maximum absolute atomic E-state index is 12.0. The first-order valence-corrected chi connectivity index (χ1v) is 5.30. The molecule has 0 bridgehead atoms. The highest BCUT2D eigenvalue weighted by molar-refractivity contribution is 6.16. The highest BCUT2D eigenvalue weighted by atomic mass is 16.2. The van der Waals surface area contributed by atoms with E-state index in [2.05, 4.69) is 5.32 Å². The number of nitrogens with one attached hydrogen (secondary N) is 1. The number of imide groups is 1. The van der Waals surface area contributed by atoms with Crippen molar-refractivity contribution in [3.05, 3.63) is 0 Å². The van der Waals surface area contributed by atoms with Crippen LogP contribution in [-0.4, -0.2) is 23.6 Å². The van der Waals surface area contributed by atoms with E-state index >= 15 is 0 Å². The predicted octanol–water partition coefficient (Wildman–Crippen LogP) is -0.162. The lowest BCUT2D eigenvalue weighted by atomic mass is 9.78. The number of carbonyl (C=O) groups is 3. The molecule has 0 aromatic carbocycles. The number of amides is 2. The van der Waals surface area contributed by atoms with Crippen LogP contribution in [0.25, 0.3) is 0 Å². The van der Waals surface area contributed by atoms with Crippen molar-refractivity contribution in [1.82, 2.24) is 5.32 Å². The molecule has 0 radical (unpaired) electrons. The number of nitrogens with two attached hydrogens (primary N) is 1. The Labute approximate surface area is 94.8 Å². The second-order valence-corrected chi connectivity index (χ2v) is 5.37. The first-order valence-electron chi connectivity index (χ1n) is 5.30. The van der Waals surface area contributed by atoms with Gasteiger partial charge in [-0.15, -0.1) is 0 Å². The van der Waals surface area contributed by atoms with Crippen LogP contribution < -0.4 is 11.1 Å². The van der Waals surface area contributed by atoms with Crippen molar-refractivity contribution in [2.45, 2.75) is 33.7 Å². The van der Waals surface area contributed by atoms with Crippen molar-refractivity contribution in [1.29, 1.82) is 0 Å². The van der Waals surface area contributed by atoms with E-state index in [4.69, 9.17) is 5.73 Å². The number of Topliss-reactive ketones (excluding diaryl/α,β-unsaturated/α-hetero) is 1. The Morgan fingerprint density at radius 3 is 2.12 bits per heavy atom. The van der Waals surface area contributed by atoms with Crippen LogP contribution in [-0.2, 0) is 14.4 Å². The van der Waals surface area contributed by atoms with Crippen LogP contribution in [0.15, 0.2) is 0 Å². The molecule has 5 nitrogen and oxygen atoms in total. The summed E-state index contributed by atoms with van der Waals surface area (Å²) in [7, 11) is 0. The highest BCUT2D eigenvalue weighted by Crippen LogP contribution is 2.26. The topological polar surface area (TPSA) is 89.3 Å². The highest BCUT2D eigenvalue weighted by Gasteiger charge is 2.46. The Hall–Kier alpha value is -1.23. The zero-order valence-corrected chi connectivity index (χ0v) is 10.0. The first kappa shape index (κ1) is 12.8. The fourth-order valence-electron chi connectivity index (χ4n) is 1.69. The Morgan fingerprint density at radius 2 is 1.81 bits per heavy atom. The average molecular weight is 226 g/mol. The molecular formula is C11H18N2O3. The summed E-state index contributed by atoms with van der Waals surface area (Å²) in [5, 5.41) is 2.15. The summed E-state index contributed by atoms with van der Waals surface area (Å²) in [5.41, 5.74) is 5.39. The van der Waals surface area contributed by atoms with E-state index in [-0.39, 0.29) is 5.78 Å². The van der Waals surface area contributed by atoms with Crippen molar-refractivity contribution < 1.29 is 14.4 Å². The molecule has 2 amide bonds. The lowest BCUT2D eigenvalue weighted by Crippen LogP contribution is -2.47. The molecule has 1 aliphatic rings. The average Bonchev–Trinajstić information content (AvgIpc) is 2.38. The number of hydrogen-bond acceptors (Lipinski definition) is 4. The molecule has 3 N–H and O–H groups in total. The van der Waals surface area contributed by atoms with Gasteiger partial charge in [-0.1, -0.05) is 27.7 Å². The summed E-state index contributed by atoms with van der Waals surface area (Å²) < 4.78 is 0. The monoisotopic (exact) mass is 226 g/mol. The molecule has 1 rings (SSSR count). The Morgan fingerprint density at radius 1 is 1.31 bits per heavy atom. The molecule has 0 saturated carbocycles. The van der Waals surface area contributed by atoms with E-state index < -0.39 is 35.1 Å². The van der Waals surface area contributed by atoms with Crippen LogP contribution in [0.3, 0.4) is 0 Å². The van der Waals surface area contributed by atoms with Gasteiger partial charge in [0, 0.05) is 0 Å². The molecule has 0 spiro atoms. The zero-order chi connectivity index (χ0) is 12.7. The summed E-state index contributed by atoms with van der Waals surface area (Å²) in [6.45, 7) is 7.05. The number of rotatable bonds is 2. The smallest absolute Gasteiger partial charge is 0.238 e. The van der Waals surface area contributed by atoms with Gasteiger partial charge in [-0.3, -0.25) is 19.7 Å². The van der Waals surface area contributed by atoms with E-state index in [1.165, 1.54) is 0 Å². The summed E-state index contributed by atoms with van der Waals surface area (Å²) >= 11 is 0. The minimum atomic E-state index is -0.929. The lowest BCUT2D eigenvalue weighted by molar-refractivity contribution is -0.135. The largest absolute Gasteiger partial charge is 0.321 e. The van der Waals surface area contributed by atoms with Gasteiger partial charge in [-0.25, -0.2) is 0 Å². The summed E-state index contributed by atoms with van der Waals surface area (Å²) in [6, 6.07) is -0.739. The molecule has 0 aromatic heterocycles. The van der Waals surface area contributed by atoms with Crippen LogP contribution in [0.4, 0.5) is 0 Å². The minimum absolute atomic E-state index is 0.358. The van der Waals surface area contributed by atoms with E-state index in [1.807, 2.05) is 20.8 Å². The van der Waals surface area contributed by atoms with Gasteiger partial charge in [-0.2, -0.15) is 0 Å². The number of ketones is 1. The van der Waals surface area contributed by atoms with Gasteiger partial charge >= 0.3 is 0 Å². The molecule has 0 aromatic rings. The van der Waals surface area contributed by atoms with Crippen molar-refractivity contribution in [2.24, 2.45) is 23.0 Å². The van der Waals surface area contributed by atoms with E-state index in [0.717, 1.165) is 0 Å². The normalized spacial score (nSPS) is 27.8. The molecular weight excluding hydrogens is 208 g/mol. The maximum Gasteiger partial charge on any atom is 0.238 e. The van der Waals surface area contributed by atoms with Gasteiger partial charge in [0.15, 0.2) is 5.78 Å². The Kier molecular flexibility index (Phi) is 3.19. The van der Waals surface area contributed by atoms with Crippen LogP contribution in [0.5, 0.6) is 0 Å². The third-order valence-corrected chi connectivity index (χ3v) is 2.99. The third kappa shape index (κ3) is 2.14. The molecule has 16 heavy (non-hydrogen) atoms. The van der Waals surface area contributed by atoms with Crippen LogP contribution in [0.2, 0.25) is 0 Å². The van der Waals surface area contributed by atoms with E-state index in [1.54, 1.807) is 6.92 Å². The van der Waals surface area contributed by atoms with Gasteiger partial charge in [0.1, 0.15) is 5.92 Å². The fourth-order valence-corrected chi connectivity index (χ4v) is 1.69. The van der Waals surface area contributed by atoms with Gasteiger partial charge in [0.05, 0.1) is 12.0 Å². The summed E-state index contributed by atoms with van der Waals surface area (Å²) in [6.07, 6.45) is 0. The van der Waals surface area contributed by atoms with Crippen LogP contribution in [0, 0.1) is 17.3 Å². The SMILES string of the molecule is C[C@@H]1C(=O)NC(=O)[C@H]1C(=O)[C@@H](N)C(C)(C)C. The molecule has 1 aliphatic heterocycles. The molecule has 0 unspecified atom stereocenters. The van der Waals surface area contributed by atoms with Gasteiger partial charge in [0.2, 0.25) is 11.8 Å². The van der Waals surface area contributed by atoms with Gasteiger partial charge < -0.3 is 5.73 Å². The second kappa shape index (κ2) is 3.97. The first-order chi connectivity index (χ1) is 7.16. The maximum atomic E-state index is 12.0.